The first kappa shape index (κ1) is 28.7. The molecule has 0 radical (unpaired) electrons. The van der Waals surface area contributed by atoms with Gasteiger partial charge in [-0.2, -0.15) is 0 Å². The molecule has 0 bridgehead atoms. The largest absolute Gasteiger partial charge is 0.294 e. The van der Waals surface area contributed by atoms with Crippen molar-refractivity contribution < 1.29 is 0 Å². The van der Waals surface area contributed by atoms with Gasteiger partial charge in [0.1, 0.15) is 5.82 Å². The molecular formula is C47H29N5. The number of hydrogen-bond acceptors (Lipinski definition) is 3. The highest BCUT2D eigenvalue weighted by molar-refractivity contribution is 6.11. The van der Waals surface area contributed by atoms with Crippen molar-refractivity contribution in [2.24, 2.45) is 0 Å². The monoisotopic (exact) mass is 663 g/mol. The summed E-state index contributed by atoms with van der Waals surface area (Å²) in [6.07, 6.45) is 0. The van der Waals surface area contributed by atoms with Gasteiger partial charge in [0.25, 0.3) is 0 Å². The molecule has 0 atom stereocenters. The SMILES string of the molecule is c1ccc(-c2nc(-n3c4ccccc4c4cc(-c5ccc6c(c5)cc5c7ccccc7nc-5n6-c5ccccc5)ccc43)nc3ccccc23)cc1. The zero-order valence-electron chi connectivity index (χ0n) is 28.0. The first-order chi connectivity index (χ1) is 25.8. The van der Waals surface area contributed by atoms with Crippen molar-refractivity contribution in [1.29, 1.82) is 0 Å². The predicted molar refractivity (Wildman–Crippen MR) is 214 cm³/mol. The fraction of sp³-hybridized carbons (Fsp3) is 0. The lowest BCUT2D eigenvalue weighted by atomic mass is 9.99. The van der Waals surface area contributed by atoms with Crippen LogP contribution in [0.3, 0.4) is 0 Å². The summed E-state index contributed by atoms with van der Waals surface area (Å²) in [6, 6.07) is 62.0. The van der Waals surface area contributed by atoms with E-state index < -0.39 is 0 Å². The number of nitrogens with zero attached hydrogens (tertiary/aromatic N) is 5. The lowest BCUT2D eigenvalue weighted by Gasteiger charge is -2.17. The van der Waals surface area contributed by atoms with Crippen LogP contribution in [0.25, 0.3) is 99.9 Å². The Labute approximate surface area is 299 Å². The van der Waals surface area contributed by atoms with Gasteiger partial charge in [-0.05, 0) is 77.2 Å². The molecule has 11 rings (SSSR count). The van der Waals surface area contributed by atoms with Crippen LogP contribution < -0.4 is 0 Å². The fourth-order valence-electron chi connectivity index (χ4n) is 7.92. The van der Waals surface area contributed by atoms with Crippen molar-refractivity contribution in [3.63, 3.8) is 0 Å². The lowest BCUT2D eigenvalue weighted by molar-refractivity contribution is 1.01. The molecule has 0 unspecified atom stereocenters. The second kappa shape index (κ2) is 11.2. The Morgan fingerprint density at radius 1 is 0.365 bits per heavy atom. The van der Waals surface area contributed by atoms with Crippen molar-refractivity contribution in [3.05, 3.63) is 176 Å². The smallest absolute Gasteiger partial charge is 0.235 e. The van der Waals surface area contributed by atoms with Gasteiger partial charge in [0.2, 0.25) is 5.95 Å². The van der Waals surface area contributed by atoms with Gasteiger partial charge in [-0.15, -0.1) is 0 Å². The molecule has 2 aromatic heterocycles. The summed E-state index contributed by atoms with van der Waals surface area (Å²) in [4.78, 5) is 15.5. The molecule has 0 aliphatic carbocycles. The van der Waals surface area contributed by atoms with Gasteiger partial charge in [0.05, 0.1) is 33.3 Å². The quantitative estimate of drug-likeness (QED) is 0.188. The molecule has 2 aliphatic heterocycles. The van der Waals surface area contributed by atoms with Gasteiger partial charge in [-0.3, -0.25) is 9.13 Å². The van der Waals surface area contributed by atoms with E-state index in [0.717, 1.165) is 94.0 Å². The highest BCUT2D eigenvalue weighted by atomic mass is 15.2. The van der Waals surface area contributed by atoms with E-state index in [0.29, 0.717) is 5.95 Å². The summed E-state index contributed by atoms with van der Waals surface area (Å²) in [5.74, 6) is 1.63. The van der Waals surface area contributed by atoms with Crippen LogP contribution in [0.1, 0.15) is 0 Å². The fourth-order valence-corrected chi connectivity index (χ4v) is 7.92. The molecule has 0 spiro atoms. The second-order valence-electron chi connectivity index (χ2n) is 13.3. The molecule has 7 aromatic carbocycles. The summed E-state index contributed by atoms with van der Waals surface area (Å²) >= 11 is 0. The molecule has 0 fully saturated rings. The Morgan fingerprint density at radius 3 is 1.79 bits per heavy atom. The standard InChI is InChI=1S/C47H29N5/c1-3-13-30(14-4-1)45-37-19-8-11-21-41(37)49-47(50-45)52-43-22-12-9-18-36(43)38-28-32(24-26-44(38)52)31-23-25-42-33(27-31)29-39-35-17-7-10-20-40(35)48-46(39)51(42)34-15-5-2-6-16-34/h1-29H. The molecule has 0 saturated carbocycles. The van der Waals surface area contributed by atoms with Crippen molar-refractivity contribution in [3.8, 4) is 45.4 Å². The van der Waals surface area contributed by atoms with E-state index >= 15 is 0 Å². The topological polar surface area (TPSA) is 48.5 Å². The number of hydrogen-bond donors (Lipinski definition) is 0. The van der Waals surface area contributed by atoms with E-state index in [1.807, 2.05) is 12.1 Å². The van der Waals surface area contributed by atoms with Gasteiger partial charge in [0, 0.05) is 38.4 Å². The summed E-state index contributed by atoms with van der Waals surface area (Å²) in [7, 11) is 0. The lowest BCUT2D eigenvalue weighted by Crippen LogP contribution is -2.03. The van der Waals surface area contributed by atoms with Gasteiger partial charge >= 0.3 is 0 Å². The van der Waals surface area contributed by atoms with Gasteiger partial charge in [-0.1, -0.05) is 115 Å². The molecule has 5 nitrogen and oxygen atoms in total. The number of para-hydroxylation sites is 4. The number of aromatic nitrogens is 5. The summed E-state index contributed by atoms with van der Waals surface area (Å²) in [5, 5.41) is 5.68. The third-order valence-corrected chi connectivity index (χ3v) is 10.3. The number of fused-ring (bicyclic) bond motifs is 8. The average Bonchev–Trinajstić information content (AvgIpc) is 3.75. The van der Waals surface area contributed by atoms with Crippen molar-refractivity contribution in [2.75, 3.05) is 0 Å². The first-order valence-electron chi connectivity index (χ1n) is 17.5. The minimum absolute atomic E-state index is 0.659. The Balaban J connectivity index is 1.12. The van der Waals surface area contributed by atoms with Gasteiger partial charge < -0.3 is 0 Å². The Hall–Kier alpha value is -7.11. The van der Waals surface area contributed by atoms with Crippen LogP contribution in [0, 0.1) is 0 Å². The van der Waals surface area contributed by atoms with E-state index in [9.17, 15) is 0 Å². The van der Waals surface area contributed by atoms with Gasteiger partial charge in [-0.25, -0.2) is 15.0 Å². The van der Waals surface area contributed by atoms with E-state index in [1.54, 1.807) is 0 Å². The number of rotatable bonds is 4. The molecule has 52 heavy (non-hydrogen) atoms. The van der Waals surface area contributed by atoms with E-state index in [1.165, 1.54) is 0 Å². The number of benzene rings is 7. The molecular weight excluding hydrogens is 635 g/mol. The van der Waals surface area contributed by atoms with Crippen LogP contribution >= 0.6 is 0 Å². The van der Waals surface area contributed by atoms with Crippen LogP contribution in [0.15, 0.2) is 176 Å². The van der Waals surface area contributed by atoms with Crippen molar-refractivity contribution in [2.45, 2.75) is 0 Å². The zero-order chi connectivity index (χ0) is 34.2. The number of pyridine rings is 1. The summed E-state index contributed by atoms with van der Waals surface area (Å²) < 4.78 is 4.50. The molecule has 0 N–H and O–H groups in total. The maximum absolute atomic E-state index is 5.25. The maximum Gasteiger partial charge on any atom is 0.235 e. The first-order valence-corrected chi connectivity index (χ1v) is 17.5. The Bertz CT molecular complexity index is 3120. The molecule has 9 aromatic rings. The third kappa shape index (κ3) is 4.33. The van der Waals surface area contributed by atoms with Crippen LogP contribution in [0.2, 0.25) is 0 Å². The predicted octanol–water partition coefficient (Wildman–Crippen LogP) is 11.7. The Morgan fingerprint density at radius 2 is 0.981 bits per heavy atom. The zero-order valence-corrected chi connectivity index (χ0v) is 28.0. The summed E-state index contributed by atoms with van der Waals surface area (Å²) in [6.45, 7) is 0. The van der Waals surface area contributed by atoms with E-state index in [2.05, 4.69) is 173 Å². The van der Waals surface area contributed by atoms with Crippen LogP contribution in [0.5, 0.6) is 0 Å². The third-order valence-electron chi connectivity index (χ3n) is 10.3. The summed E-state index contributed by atoms with van der Waals surface area (Å²) in [5.41, 5.74) is 11.7. The average molecular weight is 664 g/mol. The van der Waals surface area contributed by atoms with E-state index in [-0.39, 0.29) is 0 Å². The van der Waals surface area contributed by atoms with Gasteiger partial charge in [0.15, 0.2) is 0 Å². The normalized spacial score (nSPS) is 11.8. The molecule has 0 saturated heterocycles. The van der Waals surface area contributed by atoms with Crippen molar-refractivity contribution in [1.82, 2.24) is 24.1 Å². The van der Waals surface area contributed by atoms with Crippen LogP contribution in [-0.2, 0) is 0 Å². The molecule has 5 heteroatoms. The maximum atomic E-state index is 5.25. The van der Waals surface area contributed by atoms with Crippen LogP contribution in [-0.4, -0.2) is 24.1 Å². The molecule has 242 valence electrons. The highest BCUT2D eigenvalue weighted by Gasteiger charge is 2.21. The molecule has 4 heterocycles. The minimum Gasteiger partial charge on any atom is -0.294 e. The Kier molecular flexibility index (Phi) is 6.18. The molecule has 2 aliphatic rings. The van der Waals surface area contributed by atoms with E-state index in [4.69, 9.17) is 15.0 Å². The highest BCUT2D eigenvalue weighted by Crippen LogP contribution is 2.40. The van der Waals surface area contributed by atoms with Crippen molar-refractivity contribution >= 4 is 54.5 Å². The minimum atomic E-state index is 0.659. The second-order valence-corrected chi connectivity index (χ2v) is 13.3. The molecule has 0 amide bonds. The van der Waals surface area contributed by atoms with Crippen LogP contribution in [0.4, 0.5) is 0 Å².